The van der Waals surface area contributed by atoms with Crippen LogP contribution in [0.15, 0.2) is 60.7 Å². The molecule has 0 aliphatic rings. The molecular weight excluding hydrogens is 292 g/mol. The number of hydrogen-bond acceptors (Lipinski definition) is 3. The van der Waals surface area contributed by atoms with E-state index in [1.165, 1.54) is 11.8 Å². The number of Topliss-reactive ketones (excluding diaryl/α,β-unsaturated/α-hetero) is 1. The summed E-state index contributed by atoms with van der Waals surface area (Å²) in [5.74, 6) is 0.621. The Morgan fingerprint density at radius 3 is 2.00 bits per heavy atom. The number of thioether (sulfide) groups is 1. The van der Waals surface area contributed by atoms with Crippen LogP contribution in [0.2, 0.25) is 0 Å². The van der Waals surface area contributed by atoms with Gasteiger partial charge in [0.25, 0.3) is 0 Å². The lowest BCUT2D eigenvalue weighted by Gasteiger charge is -2.15. The van der Waals surface area contributed by atoms with Crippen LogP contribution >= 0.6 is 11.8 Å². The highest BCUT2D eigenvalue weighted by atomic mass is 32.2. The Kier molecular flexibility index (Phi) is 6.41. The van der Waals surface area contributed by atoms with Gasteiger partial charge in [-0.05, 0) is 17.5 Å². The fraction of sp³-hybridized carbons (Fsp3) is 0.263. The number of hydrogen-bond donors (Lipinski definition) is 0. The van der Waals surface area contributed by atoms with Crippen LogP contribution in [0.3, 0.4) is 0 Å². The number of carbonyl (C=O) groups is 2. The van der Waals surface area contributed by atoms with Gasteiger partial charge >= 0.3 is 0 Å². The monoisotopic (exact) mass is 312 g/mol. The van der Waals surface area contributed by atoms with E-state index in [1.807, 2.05) is 60.7 Å². The van der Waals surface area contributed by atoms with Gasteiger partial charge in [0.2, 0.25) is 0 Å². The minimum atomic E-state index is -0.128. The Morgan fingerprint density at radius 1 is 0.909 bits per heavy atom. The summed E-state index contributed by atoms with van der Waals surface area (Å²) < 4.78 is 0. The lowest BCUT2D eigenvalue weighted by atomic mass is 9.93. The van der Waals surface area contributed by atoms with Crippen molar-refractivity contribution in [2.45, 2.75) is 19.8 Å². The van der Waals surface area contributed by atoms with E-state index in [1.54, 1.807) is 6.92 Å². The SMILES string of the molecule is CC(=O)SCC(Cc1ccccc1)C(=O)Cc1ccccc1. The van der Waals surface area contributed by atoms with Gasteiger partial charge in [-0.1, -0.05) is 72.4 Å². The van der Waals surface area contributed by atoms with Crippen molar-refractivity contribution in [2.75, 3.05) is 5.75 Å². The van der Waals surface area contributed by atoms with Gasteiger partial charge in [0.1, 0.15) is 5.78 Å². The predicted octanol–water partition coefficient (Wildman–Crippen LogP) is 3.94. The Hall–Kier alpha value is -1.87. The molecule has 0 aliphatic carbocycles. The fourth-order valence-electron chi connectivity index (χ4n) is 2.32. The standard InChI is InChI=1S/C19H20O2S/c1-15(20)22-14-18(12-16-8-4-2-5-9-16)19(21)13-17-10-6-3-7-11-17/h2-11,18H,12-14H2,1H3. The molecule has 0 amide bonds. The van der Waals surface area contributed by atoms with Gasteiger partial charge in [0.05, 0.1) is 0 Å². The smallest absolute Gasteiger partial charge is 0.185 e. The maximum atomic E-state index is 12.6. The van der Waals surface area contributed by atoms with Crippen molar-refractivity contribution in [3.8, 4) is 0 Å². The third-order valence-electron chi connectivity index (χ3n) is 3.49. The molecule has 0 saturated carbocycles. The van der Waals surface area contributed by atoms with Gasteiger partial charge < -0.3 is 0 Å². The molecular formula is C19H20O2S. The van der Waals surface area contributed by atoms with Gasteiger partial charge in [0.15, 0.2) is 5.12 Å². The van der Waals surface area contributed by atoms with Crippen molar-refractivity contribution in [1.82, 2.24) is 0 Å². The van der Waals surface area contributed by atoms with Gasteiger partial charge in [-0.25, -0.2) is 0 Å². The molecule has 2 aromatic carbocycles. The maximum Gasteiger partial charge on any atom is 0.185 e. The van der Waals surface area contributed by atoms with Crippen LogP contribution in [0.4, 0.5) is 0 Å². The predicted molar refractivity (Wildman–Crippen MR) is 91.9 cm³/mol. The summed E-state index contributed by atoms with van der Waals surface area (Å²) in [6.07, 6.45) is 1.11. The van der Waals surface area contributed by atoms with E-state index in [4.69, 9.17) is 0 Å². The number of benzene rings is 2. The van der Waals surface area contributed by atoms with Crippen LogP contribution in [-0.2, 0) is 22.4 Å². The van der Waals surface area contributed by atoms with Gasteiger partial charge in [0, 0.05) is 25.0 Å². The molecule has 3 heteroatoms. The first-order valence-corrected chi connectivity index (χ1v) is 8.37. The average Bonchev–Trinajstić information content (AvgIpc) is 2.53. The van der Waals surface area contributed by atoms with Crippen molar-refractivity contribution in [1.29, 1.82) is 0 Å². The normalized spacial score (nSPS) is 11.9. The molecule has 1 unspecified atom stereocenters. The zero-order chi connectivity index (χ0) is 15.8. The van der Waals surface area contributed by atoms with E-state index in [0.29, 0.717) is 18.6 Å². The number of carbonyl (C=O) groups excluding carboxylic acids is 2. The molecule has 2 aromatic rings. The summed E-state index contributed by atoms with van der Waals surface area (Å²) in [6.45, 7) is 1.55. The van der Waals surface area contributed by atoms with E-state index in [-0.39, 0.29) is 16.8 Å². The summed E-state index contributed by atoms with van der Waals surface area (Å²) in [6, 6.07) is 19.7. The molecule has 0 fully saturated rings. The first-order valence-electron chi connectivity index (χ1n) is 7.39. The third-order valence-corrected chi connectivity index (χ3v) is 4.46. The third kappa shape index (κ3) is 5.49. The number of rotatable bonds is 7. The maximum absolute atomic E-state index is 12.6. The van der Waals surface area contributed by atoms with Gasteiger partial charge in [-0.15, -0.1) is 0 Å². The molecule has 0 spiro atoms. The Balaban J connectivity index is 2.05. The van der Waals surface area contributed by atoms with Crippen LogP contribution in [0.5, 0.6) is 0 Å². The molecule has 0 bridgehead atoms. The first kappa shape index (κ1) is 16.5. The van der Waals surface area contributed by atoms with Crippen molar-refractivity contribution in [2.24, 2.45) is 5.92 Å². The Bertz CT molecular complexity index is 608. The molecule has 0 aliphatic heterocycles. The second-order valence-electron chi connectivity index (χ2n) is 5.32. The molecule has 114 valence electrons. The Morgan fingerprint density at radius 2 is 1.45 bits per heavy atom. The van der Waals surface area contributed by atoms with Crippen LogP contribution in [0.25, 0.3) is 0 Å². The van der Waals surface area contributed by atoms with Crippen LogP contribution < -0.4 is 0 Å². The van der Waals surface area contributed by atoms with Gasteiger partial charge in [-0.3, -0.25) is 9.59 Å². The minimum Gasteiger partial charge on any atom is -0.299 e. The van der Waals surface area contributed by atoms with Crippen LogP contribution in [-0.4, -0.2) is 16.7 Å². The van der Waals surface area contributed by atoms with Crippen molar-refractivity contribution < 1.29 is 9.59 Å². The van der Waals surface area contributed by atoms with E-state index < -0.39 is 0 Å². The molecule has 1 atom stereocenters. The van der Waals surface area contributed by atoms with E-state index in [9.17, 15) is 9.59 Å². The zero-order valence-corrected chi connectivity index (χ0v) is 13.5. The first-order chi connectivity index (χ1) is 10.6. The minimum absolute atomic E-state index is 0.0607. The highest BCUT2D eigenvalue weighted by Crippen LogP contribution is 2.18. The van der Waals surface area contributed by atoms with Crippen molar-refractivity contribution in [3.05, 3.63) is 71.8 Å². The number of ketones is 1. The lowest BCUT2D eigenvalue weighted by Crippen LogP contribution is -2.22. The van der Waals surface area contributed by atoms with Crippen molar-refractivity contribution in [3.63, 3.8) is 0 Å². The Labute approximate surface area is 135 Å². The van der Waals surface area contributed by atoms with E-state index in [2.05, 4.69) is 0 Å². The summed E-state index contributed by atoms with van der Waals surface area (Å²) in [5.41, 5.74) is 2.16. The second-order valence-corrected chi connectivity index (χ2v) is 6.51. The molecule has 0 aromatic heterocycles. The molecule has 0 N–H and O–H groups in total. The largest absolute Gasteiger partial charge is 0.299 e. The van der Waals surface area contributed by atoms with E-state index >= 15 is 0 Å². The quantitative estimate of drug-likeness (QED) is 0.776. The highest BCUT2D eigenvalue weighted by molar-refractivity contribution is 8.13. The van der Waals surface area contributed by atoms with Gasteiger partial charge in [-0.2, -0.15) is 0 Å². The zero-order valence-electron chi connectivity index (χ0n) is 12.7. The molecule has 2 nitrogen and oxygen atoms in total. The molecule has 0 heterocycles. The molecule has 0 radical (unpaired) electrons. The van der Waals surface area contributed by atoms with Crippen molar-refractivity contribution >= 4 is 22.7 Å². The molecule has 22 heavy (non-hydrogen) atoms. The lowest BCUT2D eigenvalue weighted by molar-refractivity contribution is -0.121. The average molecular weight is 312 g/mol. The summed E-state index contributed by atoms with van der Waals surface area (Å²) >= 11 is 1.24. The fourth-order valence-corrected chi connectivity index (χ4v) is 3.06. The van der Waals surface area contributed by atoms with E-state index in [0.717, 1.165) is 11.1 Å². The summed E-state index contributed by atoms with van der Waals surface area (Å²) in [7, 11) is 0. The van der Waals surface area contributed by atoms with Crippen LogP contribution in [0.1, 0.15) is 18.1 Å². The highest BCUT2D eigenvalue weighted by Gasteiger charge is 2.20. The summed E-state index contributed by atoms with van der Waals surface area (Å²) in [5, 5.41) is 0.0607. The second kappa shape index (κ2) is 8.54. The van der Waals surface area contributed by atoms with Crippen LogP contribution in [0, 0.1) is 5.92 Å². The topological polar surface area (TPSA) is 34.1 Å². The summed E-state index contributed by atoms with van der Waals surface area (Å²) in [4.78, 5) is 23.8. The molecule has 2 rings (SSSR count). The molecule has 0 saturated heterocycles.